The molecule has 146 valence electrons. The number of amidine groups is 1. The van der Waals surface area contributed by atoms with Gasteiger partial charge in [0.2, 0.25) is 3.79 Å². The molecule has 0 saturated carbocycles. The second kappa shape index (κ2) is 8.66. The molecule has 1 heterocycles. The molecule has 1 aromatic heterocycles. The molecule has 0 aliphatic carbocycles. The third kappa shape index (κ3) is 4.85. The highest BCUT2D eigenvalue weighted by Gasteiger charge is 2.31. The van der Waals surface area contributed by atoms with Crippen molar-refractivity contribution < 1.29 is 9.53 Å². The molecular weight excluding hydrogens is 486 g/mol. The molecule has 0 fully saturated rings. The number of thiophene rings is 1. The average Bonchev–Trinajstić information content (AvgIpc) is 2.97. The standard InChI is InChI=1S/C18H11Cl5N2O2S/c1-27-11-5-3-10(4-6-11)24-17(18(21,22)23)25-16(26)15-14(20)12-7-2-9(19)8-13(12)28-15/h2-8H,1H3,(H,24,25,26). The Hall–Kier alpha value is -1.21. The van der Waals surface area contributed by atoms with Crippen LogP contribution in [0.5, 0.6) is 5.75 Å². The van der Waals surface area contributed by atoms with Gasteiger partial charge < -0.3 is 10.1 Å². The summed E-state index contributed by atoms with van der Waals surface area (Å²) in [5.74, 6) is -0.0470. The quantitative estimate of drug-likeness (QED) is 0.240. The maximum Gasteiger partial charge on any atom is 0.268 e. The van der Waals surface area contributed by atoms with Crippen LogP contribution in [0.25, 0.3) is 10.1 Å². The summed E-state index contributed by atoms with van der Waals surface area (Å²) < 4.78 is 3.91. The normalized spacial score (nSPS) is 12.3. The molecule has 0 bridgehead atoms. The number of fused-ring (bicyclic) bond motifs is 1. The second-order valence-corrected chi connectivity index (χ2v) is 9.64. The lowest BCUT2D eigenvalue weighted by molar-refractivity contribution is 0.0980. The molecule has 2 aromatic carbocycles. The second-order valence-electron chi connectivity index (χ2n) is 5.50. The number of hydrogen-bond acceptors (Lipinski definition) is 4. The van der Waals surface area contributed by atoms with Crippen LogP contribution in [0.4, 0.5) is 5.69 Å². The van der Waals surface area contributed by atoms with Crippen LogP contribution in [0.15, 0.2) is 47.5 Å². The Kier molecular flexibility index (Phi) is 6.65. The highest BCUT2D eigenvalue weighted by Crippen LogP contribution is 2.37. The SMILES string of the molecule is COc1ccc(N=C(NC(=O)c2sc3cc(Cl)ccc3c2Cl)C(Cl)(Cl)Cl)cc1. The largest absolute Gasteiger partial charge is 0.497 e. The number of ether oxygens (including phenoxy) is 1. The van der Waals surface area contributed by atoms with Crippen LogP contribution in [-0.2, 0) is 0 Å². The van der Waals surface area contributed by atoms with Gasteiger partial charge in [0, 0.05) is 15.1 Å². The number of halogens is 5. The molecule has 0 radical (unpaired) electrons. The number of hydrogen-bond donors (Lipinski definition) is 1. The number of alkyl halides is 3. The Morgan fingerprint density at radius 2 is 1.79 bits per heavy atom. The molecular formula is C18H11Cl5N2O2S. The number of rotatable bonds is 3. The fourth-order valence-electron chi connectivity index (χ4n) is 2.30. The fraction of sp³-hybridized carbons (Fsp3) is 0.111. The zero-order valence-corrected chi connectivity index (χ0v) is 18.7. The number of amides is 1. The summed E-state index contributed by atoms with van der Waals surface area (Å²) in [4.78, 5) is 17.3. The van der Waals surface area contributed by atoms with Crippen molar-refractivity contribution in [3.05, 3.63) is 57.4 Å². The van der Waals surface area contributed by atoms with Crippen LogP contribution in [0, 0.1) is 0 Å². The zero-order valence-electron chi connectivity index (χ0n) is 14.1. The van der Waals surface area contributed by atoms with Crippen LogP contribution in [0.2, 0.25) is 10.0 Å². The number of methoxy groups -OCH3 is 1. The molecule has 1 amide bonds. The predicted octanol–water partition coefficient (Wildman–Crippen LogP) is 7.05. The first-order valence-corrected chi connectivity index (χ1v) is 10.4. The van der Waals surface area contributed by atoms with Crippen molar-refractivity contribution in [2.45, 2.75) is 3.79 Å². The summed E-state index contributed by atoms with van der Waals surface area (Å²) in [5, 5.41) is 4.09. The molecule has 4 nitrogen and oxygen atoms in total. The topological polar surface area (TPSA) is 50.7 Å². The Labute approximate surface area is 190 Å². The third-order valence-electron chi connectivity index (χ3n) is 3.61. The third-order valence-corrected chi connectivity index (χ3v) is 6.04. The molecule has 0 saturated heterocycles. The Morgan fingerprint density at radius 1 is 1.11 bits per heavy atom. The highest BCUT2D eigenvalue weighted by molar-refractivity contribution is 7.21. The van der Waals surface area contributed by atoms with Gasteiger partial charge in [-0.2, -0.15) is 0 Å². The number of carbonyl (C=O) groups excluding carboxylic acids is 1. The Bertz CT molecular complexity index is 1060. The van der Waals surface area contributed by atoms with Crippen LogP contribution in [-0.4, -0.2) is 22.6 Å². The van der Waals surface area contributed by atoms with Gasteiger partial charge in [0.15, 0.2) is 5.84 Å². The van der Waals surface area contributed by atoms with Crippen molar-refractivity contribution in [2.75, 3.05) is 7.11 Å². The van der Waals surface area contributed by atoms with Gasteiger partial charge in [-0.1, -0.05) is 64.1 Å². The van der Waals surface area contributed by atoms with Crippen LogP contribution >= 0.6 is 69.3 Å². The van der Waals surface area contributed by atoms with E-state index in [9.17, 15) is 4.79 Å². The summed E-state index contributed by atoms with van der Waals surface area (Å²) in [5.41, 5.74) is 0.469. The molecule has 3 rings (SSSR count). The van der Waals surface area contributed by atoms with Gasteiger partial charge in [-0.3, -0.25) is 4.79 Å². The molecule has 0 aliphatic rings. The first kappa shape index (κ1) is 21.5. The molecule has 28 heavy (non-hydrogen) atoms. The summed E-state index contributed by atoms with van der Waals surface area (Å²) >= 11 is 31.5. The van der Waals surface area contributed by atoms with Crippen LogP contribution < -0.4 is 10.1 Å². The minimum absolute atomic E-state index is 0.153. The number of carbonyl (C=O) groups is 1. The predicted molar refractivity (Wildman–Crippen MR) is 120 cm³/mol. The van der Waals surface area contributed by atoms with Crippen molar-refractivity contribution >= 4 is 96.9 Å². The minimum Gasteiger partial charge on any atom is -0.497 e. The lowest BCUT2D eigenvalue weighted by Gasteiger charge is -2.15. The number of benzene rings is 2. The van der Waals surface area contributed by atoms with E-state index in [0.717, 1.165) is 4.70 Å². The highest BCUT2D eigenvalue weighted by atomic mass is 35.6. The smallest absolute Gasteiger partial charge is 0.268 e. The summed E-state index contributed by atoms with van der Waals surface area (Å²) in [6.45, 7) is 0. The van der Waals surface area contributed by atoms with Crippen molar-refractivity contribution in [3.8, 4) is 5.75 Å². The number of nitrogens with one attached hydrogen (secondary N) is 1. The Morgan fingerprint density at radius 3 is 2.39 bits per heavy atom. The van der Waals surface area contributed by atoms with Crippen LogP contribution in [0.3, 0.4) is 0 Å². The van der Waals surface area contributed by atoms with E-state index >= 15 is 0 Å². The minimum atomic E-state index is -1.96. The lowest BCUT2D eigenvalue weighted by Crippen LogP contribution is -2.38. The van der Waals surface area contributed by atoms with Gasteiger partial charge in [-0.05, 0) is 36.4 Å². The first-order valence-electron chi connectivity index (χ1n) is 7.68. The van der Waals surface area contributed by atoms with Gasteiger partial charge in [0.05, 0.1) is 17.8 Å². The first-order chi connectivity index (χ1) is 13.2. The van der Waals surface area contributed by atoms with E-state index in [1.165, 1.54) is 11.3 Å². The monoisotopic (exact) mass is 494 g/mol. The van der Waals surface area contributed by atoms with Crippen molar-refractivity contribution in [3.63, 3.8) is 0 Å². The van der Waals surface area contributed by atoms with E-state index in [-0.39, 0.29) is 10.7 Å². The van der Waals surface area contributed by atoms with E-state index in [0.29, 0.717) is 26.9 Å². The fourth-order valence-corrected chi connectivity index (χ4v) is 4.25. The maximum atomic E-state index is 12.8. The molecule has 1 N–H and O–H groups in total. The summed E-state index contributed by atoms with van der Waals surface area (Å²) in [6, 6.07) is 11.9. The van der Waals surface area contributed by atoms with Gasteiger partial charge in [0.25, 0.3) is 5.91 Å². The lowest BCUT2D eigenvalue weighted by atomic mass is 10.2. The average molecular weight is 497 g/mol. The molecule has 0 unspecified atom stereocenters. The van der Waals surface area contributed by atoms with Crippen molar-refractivity contribution in [1.29, 1.82) is 0 Å². The van der Waals surface area contributed by atoms with Gasteiger partial charge in [-0.15, -0.1) is 11.3 Å². The molecule has 10 heteroatoms. The zero-order chi connectivity index (χ0) is 20.5. The number of aliphatic imine (C=N–C) groups is 1. The van der Waals surface area contributed by atoms with Gasteiger partial charge in [-0.25, -0.2) is 4.99 Å². The number of nitrogens with zero attached hydrogens (tertiary/aromatic N) is 1. The van der Waals surface area contributed by atoms with E-state index in [4.69, 9.17) is 62.7 Å². The van der Waals surface area contributed by atoms with Crippen LogP contribution in [0.1, 0.15) is 9.67 Å². The molecule has 0 aliphatic heterocycles. The molecule has 3 aromatic rings. The maximum absolute atomic E-state index is 12.8. The van der Waals surface area contributed by atoms with Crippen molar-refractivity contribution in [1.82, 2.24) is 5.32 Å². The summed E-state index contributed by atoms with van der Waals surface area (Å²) in [6.07, 6.45) is 0. The van der Waals surface area contributed by atoms with E-state index in [2.05, 4.69) is 10.3 Å². The van der Waals surface area contributed by atoms with E-state index in [1.807, 2.05) is 0 Å². The van der Waals surface area contributed by atoms with Gasteiger partial charge >= 0.3 is 0 Å². The van der Waals surface area contributed by atoms with Gasteiger partial charge in [0.1, 0.15) is 10.6 Å². The van der Waals surface area contributed by atoms with Crippen molar-refractivity contribution in [2.24, 2.45) is 4.99 Å². The summed E-state index contributed by atoms with van der Waals surface area (Å²) in [7, 11) is 1.55. The Balaban J connectivity index is 1.94. The van der Waals surface area contributed by atoms with E-state index < -0.39 is 9.70 Å². The van der Waals surface area contributed by atoms with E-state index in [1.54, 1.807) is 49.6 Å². The molecule has 0 atom stereocenters. The molecule has 0 spiro atoms.